The molecule has 0 fully saturated rings. The molecule has 0 N–H and O–H groups in total. The Bertz CT molecular complexity index is 371. The zero-order chi connectivity index (χ0) is 10.8. The first-order chi connectivity index (χ1) is 7.39. The second-order valence-electron chi connectivity index (χ2n) is 2.72. The molecule has 0 amide bonds. The molecule has 15 heavy (non-hydrogen) atoms. The van der Waals surface area contributed by atoms with Gasteiger partial charge in [0.25, 0.3) is 0 Å². The molecular formula is C12H12N2O. The van der Waals surface area contributed by atoms with Gasteiger partial charge in [0, 0.05) is 18.6 Å². The summed E-state index contributed by atoms with van der Waals surface area (Å²) in [5.41, 5.74) is 0. The number of ketones is 1. The van der Waals surface area contributed by atoms with E-state index in [0.29, 0.717) is 0 Å². The minimum atomic E-state index is -0.0392. The average Bonchev–Trinajstić information content (AvgIpc) is 2.24. The first-order valence-corrected chi connectivity index (χ1v) is 4.60. The largest absolute Gasteiger partial charge is 0.293 e. The van der Waals surface area contributed by atoms with Gasteiger partial charge < -0.3 is 0 Å². The molecule has 0 spiro atoms. The maximum Gasteiger partial charge on any atom is 0.177 e. The quantitative estimate of drug-likeness (QED) is 0.588. The van der Waals surface area contributed by atoms with Gasteiger partial charge in [-0.1, -0.05) is 18.2 Å². The molecule has 0 aromatic heterocycles. The van der Waals surface area contributed by atoms with Crippen molar-refractivity contribution >= 4 is 18.2 Å². The molecule has 0 bridgehead atoms. The highest BCUT2D eigenvalue weighted by molar-refractivity contribution is 5.95. The van der Waals surface area contributed by atoms with Crippen molar-refractivity contribution < 1.29 is 4.79 Å². The zero-order valence-electron chi connectivity index (χ0n) is 8.28. The highest BCUT2D eigenvalue weighted by Crippen LogP contribution is 1.84. The van der Waals surface area contributed by atoms with Gasteiger partial charge in [-0.2, -0.15) is 0 Å². The van der Waals surface area contributed by atoms with Crippen LogP contribution in [0.5, 0.6) is 0 Å². The van der Waals surface area contributed by atoms with Crippen molar-refractivity contribution in [2.75, 3.05) is 6.54 Å². The van der Waals surface area contributed by atoms with Crippen LogP contribution in [-0.4, -0.2) is 24.8 Å². The van der Waals surface area contributed by atoms with Crippen LogP contribution < -0.4 is 0 Å². The van der Waals surface area contributed by atoms with Crippen LogP contribution >= 0.6 is 0 Å². The maximum absolute atomic E-state index is 11.1. The van der Waals surface area contributed by atoms with Crippen LogP contribution in [0, 0.1) is 0 Å². The first-order valence-electron chi connectivity index (χ1n) is 4.60. The molecule has 0 saturated heterocycles. The number of hydrogen-bond acceptors (Lipinski definition) is 3. The molecule has 1 aliphatic heterocycles. The van der Waals surface area contributed by atoms with Crippen molar-refractivity contribution in [2.45, 2.75) is 0 Å². The summed E-state index contributed by atoms with van der Waals surface area (Å²) in [4.78, 5) is 19.0. The fourth-order valence-electron chi connectivity index (χ4n) is 0.848. The molecule has 0 saturated carbocycles. The maximum atomic E-state index is 11.1. The second kappa shape index (κ2) is 7.38. The fourth-order valence-corrected chi connectivity index (χ4v) is 0.848. The fraction of sp³-hybridized carbons (Fsp3) is 0.0833. The molecule has 3 heteroatoms. The number of nitrogens with zero attached hydrogens (tertiary/aromatic N) is 2. The molecule has 0 aliphatic carbocycles. The lowest BCUT2D eigenvalue weighted by molar-refractivity contribution is -0.113. The van der Waals surface area contributed by atoms with Crippen LogP contribution in [-0.2, 0) is 4.79 Å². The Kier molecular flexibility index (Phi) is 5.44. The first kappa shape index (κ1) is 11.0. The smallest absolute Gasteiger partial charge is 0.177 e. The number of carbonyl (C=O) groups is 1. The van der Waals surface area contributed by atoms with Crippen LogP contribution in [0.25, 0.3) is 0 Å². The van der Waals surface area contributed by atoms with Crippen LogP contribution in [0.2, 0.25) is 0 Å². The SMILES string of the molecule is O=C1C=CC=NC=CC=CC=CC=NC1. The lowest BCUT2D eigenvalue weighted by Gasteiger charge is -1.85. The van der Waals surface area contributed by atoms with E-state index in [1.54, 1.807) is 36.9 Å². The Morgan fingerprint density at radius 1 is 0.933 bits per heavy atom. The lowest BCUT2D eigenvalue weighted by Crippen LogP contribution is -1.97. The van der Waals surface area contributed by atoms with E-state index in [0.717, 1.165) is 0 Å². The third-order valence-electron chi connectivity index (χ3n) is 1.51. The van der Waals surface area contributed by atoms with E-state index in [1.165, 1.54) is 6.08 Å². The molecule has 0 aromatic carbocycles. The highest BCUT2D eigenvalue weighted by atomic mass is 16.1. The van der Waals surface area contributed by atoms with E-state index in [-0.39, 0.29) is 12.3 Å². The molecular weight excluding hydrogens is 188 g/mol. The summed E-state index contributed by atoms with van der Waals surface area (Å²) in [7, 11) is 0. The highest BCUT2D eigenvalue weighted by Gasteiger charge is 1.89. The van der Waals surface area contributed by atoms with Crippen LogP contribution in [0.1, 0.15) is 0 Å². The van der Waals surface area contributed by atoms with Gasteiger partial charge in [-0.15, -0.1) is 0 Å². The third kappa shape index (κ3) is 6.10. The summed E-state index contributed by atoms with van der Waals surface area (Å²) in [6.07, 6.45) is 17.0. The molecule has 76 valence electrons. The monoisotopic (exact) mass is 200 g/mol. The van der Waals surface area contributed by atoms with Crippen molar-refractivity contribution in [3.8, 4) is 0 Å². The minimum absolute atomic E-state index is 0.0392. The van der Waals surface area contributed by atoms with E-state index >= 15 is 0 Å². The van der Waals surface area contributed by atoms with Gasteiger partial charge in [-0.05, 0) is 24.3 Å². The summed E-state index contributed by atoms with van der Waals surface area (Å²) >= 11 is 0. The van der Waals surface area contributed by atoms with Crippen molar-refractivity contribution in [3.05, 3.63) is 48.7 Å². The Morgan fingerprint density at radius 2 is 1.73 bits per heavy atom. The Labute approximate surface area is 88.9 Å². The lowest BCUT2D eigenvalue weighted by atomic mass is 10.3. The van der Waals surface area contributed by atoms with E-state index < -0.39 is 0 Å². The predicted octanol–water partition coefficient (Wildman–Crippen LogP) is 1.89. The number of aliphatic imine (C=N–C) groups is 2. The molecule has 1 aliphatic rings. The molecule has 1 rings (SSSR count). The molecule has 3 nitrogen and oxygen atoms in total. The summed E-state index contributed by atoms with van der Waals surface area (Å²) in [6.45, 7) is 0.175. The Balaban J connectivity index is 2.69. The van der Waals surface area contributed by atoms with Crippen molar-refractivity contribution in [1.29, 1.82) is 0 Å². The van der Waals surface area contributed by atoms with Crippen molar-refractivity contribution in [1.82, 2.24) is 0 Å². The number of carbonyl (C=O) groups excluding carboxylic acids is 1. The summed E-state index contributed by atoms with van der Waals surface area (Å²) in [5, 5.41) is 0. The topological polar surface area (TPSA) is 41.8 Å². The molecule has 1 heterocycles. The van der Waals surface area contributed by atoms with Crippen molar-refractivity contribution in [3.63, 3.8) is 0 Å². The van der Waals surface area contributed by atoms with Gasteiger partial charge in [0.15, 0.2) is 5.78 Å². The summed E-state index contributed by atoms with van der Waals surface area (Å²) in [6, 6.07) is 0. The summed E-state index contributed by atoms with van der Waals surface area (Å²) in [5.74, 6) is -0.0392. The molecule has 0 radical (unpaired) electrons. The average molecular weight is 200 g/mol. The van der Waals surface area contributed by atoms with E-state index in [1.807, 2.05) is 18.2 Å². The van der Waals surface area contributed by atoms with Crippen LogP contribution in [0.4, 0.5) is 0 Å². The van der Waals surface area contributed by atoms with Gasteiger partial charge in [-0.25, -0.2) is 0 Å². The van der Waals surface area contributed by atoms with Crippen LogP contribution in [0.3, 0.4) is 0 Å². The van der Waals surface area contributed by atoms with Gasteiger partial charge in [0.05, 0.1) is 0 Å². The third-order valence-corrected chi connectivity index (χ3v) is 1.51. The standard InChI is InChI=1S/C12H12N2O/c15-12-7-6-10-13-8-4-2-1-3-5-9-14-11-12/h1-10H,11H2. The van der Waals surface area contributed by atoms with Gasteiger partial charge in [-0.3, -0.25) is 14.8 Å². The predicted molar refractivity (Wildman–Crippen MR) is 63.4 cm³/mol. The molecule has 0 aromatic rings. The van der Waals surface area contributed by atoms with Gasteiger partial charge >= 0.3 is 0 Å². The van der Waals surface area contributed by atoms with Gasteiger partial charge in [0.1, 0.15) is 6.54 Å². The Hall–Kier alpha value is -2.03. The molecule has 0 unspecified atom stereocenters. The van der Waals surface area contributed by atoms with Crippen molar-refractivity contribution in [2.24, 2.45) is 9.98 Å². The Morgan fingerprint density at radius 3 is 2.67 bits per heavy atom. The normalized spacial score (nSPS) is 16.9. The van der Waals surface area contributed by atoms with Gasteiger partial charge in [0.2, 0.25) is 0 Å². The summed E-state index contributed by atoms with van der Waals surface area (Å²) < 4.78 is 0. The van der Waals surface area contributed by atoms with E-state index in [9.17, 15) is 4.79 Å². The second-order valence-corrected chi connectivity index (χ2v) is 2.72. The van der Waals surface area contributed by atoms with E-state index in [4.69, 9.17) is 0 Å². The number of hydrogen-bond donors (Lipinski definition) is 0. The number of allylic oxidation sites excluding steroid dienone is 6. The van der Waals surface area contributed by atoms with Crippen LogP contribution in [0.15, 0.2) is 58.7 Å². The molecule has 0 atom stereocenters. The minimum Gasteiger partial charge on any atom is -0.293 e. The van der Waals surface area contributed by atoms with E-state index in [2.05, 4.69) is 9.98 Å². The number of rotatable bonds is 0. The zero-order valence-corrected chi connectivity index (χ0v) is 8.28.